The number of nitrogens with one attached hydrogen (secondary N) is 2. The van der Waals surface area contributed by atoms with E-state index in [9.17, 15) is 0 Å². The summed E-state index contributed by atoms with van der Waals surface area (Å²) in [6.45, 7) is 2.54. The Balaban J connectivity index is 2.81. The second-order valence-corrected chi connectivity index (χ2v) is 2.76. The second kappa shape index (κ2) is 4.69. The van der Waals surface area contributed by atoms with Crippen molar-refractivity contribution in [3.63, 3.8) is 0 Å². The third kappa shape index (κ3) is 2.61. The molecule has 0 aromatic heterocycles. The molecule has 0 spiro atoms. The first kappa shape index (κ1) is 9.83. The predicted molar refractivity (Wildman–Crippen MR) is 53.5 cm³/mol. The van der Waals surface area contributed by atoms with E-state index in [1.165, 1.54) is 5.56 Å². The largest absolute Gasteiger partial charge is 0.495 e. The van der Waals surface area contributed by atoms with Gasteiger partial charge in [-0.15, -0.1) is 0 Å². The molecular weight excluding hydrogens is 166 g/mol. The Morgan fingerprint density at radius 1 is 1.46 bits per heavy atom. The zero-order chi connectivity index (χ0) is 9.68. The minimum atomic E-state index is 0.514. The fourth-order valence-electron chi connectivity index (χ4n) is 1.11. The van der Waals surface area contributed by atoms with Crippen LogP contribution in [0.25, 0.3) is 0 Å². The first-order valence-corrected chi connectivity index (χ1v) is 4.10. The molecule has 1 rings (SSSR count). The van der Waals surface area contributed by atoms with Gasteiger partial charge in [-0.25, -0.2) is 5.43 Å². The smallest absolute Gasteiger partial charge is 0.142 e. The molecule has 0 saturated carbocycles. The highest BCUT2D eigenvalue weighted by molar-refractivity contribution is 5.57. The van der Waals surface area contributed by atoms with Crippen LogP contribution < -0.4 is 21.3 Å². The van der Waals surface area contributed by atoms with Gasteiger partial charge in [-0.3, -0.25) is 5.84 Å². The van der Waals surface area contributed by atoms with Crippen LogP contribution >= 0.6 is 0 Å². The molecule has 4 N–H and O–H groups in total. The van der Waals surface area contributed by atoms with Crippen LogP contribution in [0, 0.1) is 6.92 Å². The summed E-state index contributed by atoms with van der Waals surface area (Å²) < 4.78 is 5.17. The maximum Gasteiger partial charge on any atom is 0.142 e. The van der Waals surface area contributed by atoms with Crippen molar-refractivity contribution in [3.05, 3.63) is 23.8 Å². The van der Waals surface area contributed by atoms with Gasteiger partial charge in [0.2, 0.25) is 0 Å². The number of nitrogens with two attached hydrogens (primary N) is 1. The summed E-state index contributed by atoms with van der Waals surface area (Å²) in [4.78, 5) is 0. The summed E-state index contributed by atoms with van der Waals surface area (Å²) >= 11 is 0. The lowest BCUT2D eigenvalue weighted by Gasteiger charge is -2.10. The minimum Gasteiger partial charge on any atom is -0.495 e. The van der Waals surface area contributed by atoms with Crippen LogP contribution in [0.1, 0.15) is 5.56 Å². The molecule has 0 atom stereocenters. The molecule has 0 saturated heterocycles. The number of anilines is 1. The van der Waals surface area contributed by atoms with Crippen LogP contribution in [-0.4, -0.2) is 13.8 Å². The predicted octanol–water partition coefficient (Wildman–Crippen LogP) is 0.836. The number of hydrazine groups is 1. The van der Waals surface area contributed by atoms with Crippen LogP contribution in [-0.2, 0) is 0 Å². The molecule has 0 aliphatic heterocycles. The summed E-state index contributed by atoms with van der Waals surface area (Å²) in [7, 11) is 1.64. The van der Waals surface area contributed by atoms with E-state index in [1.54, 1.807) is 7.11 Å². The van der Waals surface area contributed by atoms with Crippen molar-refractivity contribution in [1.82, 2.24) is 5.43 Å². The molecule has 0 unspecified atom stereocenters. The van der Waals surface area contributed by atoms with Gasteiger partial charge in [0.05, 0.1) is 19.5 Å². The van der Waals surface area contributed by atoms with E-state index < -0.39 is 0 Å². The average Bonchev–Trinajstić information content (AvgIpc) is 2.15. The zero-order valence-corrected chi connectivity index (χ0v) is 7.92. The Morgan fingerprint density at radius 2 is 2.23 bits per heavy atom. The fraction of sp³-hybridized carbons (Fsp3) is 0.333. The number of hydrogen-bond acceptors (Lipinski definition) is 4. The first-order valence-electron chi connectivity index (χ1n) is 4.10. The summed E-state index contributed by atoms with van der Waals surface area (Å²) in [6.07, 6.45) is 0. The van der Waals surface area contributed by atoms with E-state index in [1.807, 2.05) is 25.1 Å². The maximum atomic E-state index is 5.17. The molecule has 0 radical (unpaired) electrons. The Bertz CT molecular complexity index is 276. The lowest BCUT2D eigenvalue weighted by atomic mass is 10.2. The molecule has 72 valence electrons. The lowest BCUT2D eigenvalue weighted by molar-refractivity contribution is 0.416. The quantitative estimate of drug-likeness (QED) is 0.366. The number of ether oxygens (including phenoxy) is 1. The van der Waals surface area contributed by atoms with Crippen molar-refractivity contribution in [2.45, 2.75) is 6.92 Å². The molecule has 0 aliphatic carbocycles. The van der Waals surface area contributed by atoms with Gasteiger partial charge in [-0.2, -0.15) is 0 Å². The summed E-state index contributed by atoms with van der Waals surface area (Å²) in [5.41, 5.74) is 4.65. The van der Waals surface area contributed by atoms with E-state index in [2.05, 4.69) is 10.7 Å². The van der Waals surface area contributed by atoms with Crippen molar-refractivity contribution in [2.75, 3.05) is 19.1 Å². The lowest BCUT2D eigenvalue weighted by Crippen LogP contribution is -2.28. The highest BCUT2D eigenvalue weighted by Gasteiger charge is 2.00. The molecule has 0 bridgehead atoms. The van der Waals surface area contributed by atoms with Gasteiger partial charge in [0.25, 0.3) is 0 Å². The average molecular weight is 181 g/mol. The van der Waals surface area contributed by atoms with Crippen LogP contribution in [0.5, 0.6) is 5.75 Å². The Morgan fingerprint density at radius 3 is 2.85 bits per heavy atom. The highest BCUT2D eigenvalue weighted by Crippen LogP contribution is 2.24. The molecule has 1 aromatic carbocycles. The molecule has 13 heavy (non-hydrogen) atoms. The minimum absolute atomic E-state index is 0.514. The third-order valence-electron chi connectivity index (χ3n) is 1.74. The van der Waals surface area contributed by atoms with Gasteiger partial charge < -0.3 is 10.1 Å². The standard InChI is InChI=1S/C9H15N3O/c1-7-3-4-9(13-2)8(5-7)11-6-12-10/h3-5,11-12H,6,10H2,1-2H3. The molecule has 1 aromatic rings. The monoisotopic (exact) mass is 181 g/mol. The summed E-state index contributed by atoms with van der Waals surface area (Å²) in [6, 6.07) is 5.93. The van der Waals surface area contributed by atoms with Crippen LogP contribution in [0.3, 0.4) is 0 Å². The maximum absolute atomic E-state index is 5.17. The fourth-order valence-corrected chi connectivity index (χ4v) is 1.11. The van der Waals surface area contributed by atoms with Crippen molar-refractivity contribution >= 4 is 5.69 Å². The first-order chi connectivity index (χ1) is 6.27. The van der Waals surface area contributed by atoms with Crippen molar-refractivity contribution in [3.8, 4) is 5.75 Å². The highest BCUT2D eigenvalue weighted by atomic mass is 16.5. The van der Waals surface area contributed by atoms with E-state index in [0.717, 1.165) is 11.4 Å². The van der Waals surface area contributed by atoms with Gasteiger partial charge in [0, 0.05) is 0 Å². The molecule has 0 heterocycles. The SMILES string of the molecule is COc1ccc(C)cc1NCNN. The summed E-state index contributed by atoms with van der Waals surface area (Å²) in [5.74, 6) is 5.97. The van der Waals surface area contributed by atoms with E-state index in [0.29, 0.717) is 6.67 Å². The number of hydrogen-bond donors (Lipinski definition) is 3. The van der Waals surface area contributed by atoms with Crippen LogP contribution in [0.15, 0.2) is 18.2 Å². The zero-order valence-electron chi connectivity index (χ0n) is 7.92. The molecule has 4 heteroatoms. The molecule has 0 aliphatic rings. The Hall–Kier alpha value is -1.26. The van der Waals surface area contributed by atoms with Gasteiger partial charge in [0.15, 0.2) is 0 Å². The molecular formula is C9H15N3O. The van der Waals surface area contributed by atoms with Crippen molar-refractivity contribution in [2.24, 2.45) is 5.84 Å². The molecule has 0 amide bonds. The van der Waals surface area contributed by atoms with Gasteiger partial charge in [0.1, 0.15) is 5.75 Å². The number of methoxy groups -OCH3 is 1. The topological polar surface area (TPSA) is 59.3 Å². The van der Waals surface area contributed by atoms with Crippen LogP contribution in [0.2, 0.25) is 0 Å². The Labute approximate surface area is 78.0 Å². The second-order valence-electron chi connectivity index (χ2n) is 2.76. The van der Waals surface area contributed by atoms with Crippen molar-refractivity contribution < 1.29 is 4.74 Å². The molecule has 4 nitrogen and oxygen atoms in total. The van der Waals surface area contributed by atoms with E-state index in [-0.39, 0.29) is 0 Å². The van der Waals surface area contributed by atoms with Gasteiger partial charge in [-0.05, 0) is 24.6 Å². The molecule has 0 fully saturated rings. The summed E-state index contributed by atoms with van der Waals surface area (Å²) in [5, 5.41) is 3.09. The van der Waals surface area contributed by atoms with Crippen LogP contribution in [0.4, 0.5) is 5.69 Å². The third-order valence-corrected chi connectivity index (χ3v) is 1.74. The normalized spacial score (nSPS) is 9.77. The Kier molecular flexibility index (Phi) is 3.54. The number of benzene rings is 1. The van der Waals surface area contributed by atoms with E-state index in [4.69, 9.17) is 10.6 Å². The number of aryl methyl sites for hydroxylation is 1. The number of rotatable bonds is 4. The van der Waals surface area contributed by atoms with Gasteiger partial charge in [-0.1, -0.05) is 6.07 Å². The van der Waals surface area contributed by atoms with Crippen molar-refractivity contribution in [1.29, 1.82) is 0 Å². The van der Waals surface area contributed by atoms with E-state index >= 15 is 0 Å². The van der Waals surface area contributed by atoms with Gasteiger partial charge >= 0.3 is 0 Å².